The number of amides is 1. The van der Waals surface area contributed by atoms with Crippen molar-refractivity contribution in [3.05, 3.63) is 53.8 Å². The molecule has 150 valence electrons. The maximum absolute atomic E-state index is 13.2. The largest absolute Gasteiger partial charge is 0.490 e. The number of piperidine rings is 1. The first kappa shape index (κ1) is 19.3. The molecule has 0 aromatic heterocycles. The average molecular weight is 394 g/mol. The van der Waals surface area contributed by atoms with Gasteiger partial charge in [-0.3, -0.25) is 0 Å². The molecule has 1 aliphatic heterocycles. The highest BCUT2D eigenvalue weighted by Gasteiger charge is 2.59. The van der Waals surface area contributed by atoms with Crippen molar-refractivity contribution in [2.24, 2.45) is 11.8 Å². The van der Waals surface area contributed by atoms with Crippen molar-refractivity contribution >= 4 is 6.09 Å². The van der Waals surface area contributed by atoms with E-state index in [4.69, 9.17) is 9.47 Å². The molecule has 1 heterocycles. The third-order valence-corrected chi connectivity index (χ3v) is 5.25. The molecule has 0 radical (unpaired) electrons. The zero-order valence-electron chi connectivity index (χ0n) is 16.7. The Morgan fingerprint density at radius 3 is 2.34 bits per heavy atom. The first-order chi connectivity index (χ1) is 13.7. The summed E-state index contributed by atoms with van der Waals surface area (Å²) in [6.07, 6.45) is -0.253. The summed E-state index contributed by atoms with van der Waals surface area (Å²) in [6, 6.07) is 13.6. The summed E-state index contributed by atoms with van der Waals surface area (Å²) in [5, 5.41) is 9.35. The van der Waals surface area contributed by atoms with Crippen LogP contribution in [0.5, 0.6) is 5.75 Å². The van der Waals surface area contributed by atoms with Crippen LogP contribution >= 0.6 is 0 Å². The minimum Gasteiger partial charge on any atom is -0.490 e. The highest BCUT2D eigenvalue weighted by atomic mass is 19.1. The summed E-state index contributed by atoms with van der Waals surface area (Å²) in [5.74, 6) is 0.874. The summed E-state index contributed by atoms with van der Waals surface area (Å²) in [5.41, 5.74) is 1.61. The second-order valence-corrected chi connectivity index (χ2v) is 8.66. The van der Waals surface area contributed by atoms with Gasteiger partial charge in [-0.05, 0) is 62.2 Å². The van der Waals surface area contributed by atoms with Gasteiger partial charge in [0.25, 0.3) is 0 Å². The first-order valence-corrected chi connectivity index (χ1v) is 9.69. The number of hydrogen-bond acceptors (Lipinski definition) is 4. The molecule has 2 fully saturated rings. The van der Waals surface area contributed by atoms with E-state index >= 15 is 0 Å². The highest BCUT2D eigenvalue weighted by molar-refractivity contribution is 5.69. The van der Waals surface area contributed by atoms with Gasteiger partial charge in [0.1, 0.15) is 23.3 Å². The van der Waals surface area contributed by atoms with Crippen LogP contribution in [0.1, 0.15) is 26.3 Å². The zero-order valence-corrected chi connectivity index (χ0v) is 16.7. The second-order valence-electron chi connectivity index (χ2n) is 8.66. The lowest BCUT2D eigenvalue weighted by Crippen LogP contribution is -2.38. The van der Waals surface area contributed by atoms with Crippen LogP contribution in [0.4, 0.5) is 9.18 Å². The van der Waals surface area contributed by atoms with Crippen LogP contribution in [-0.4, -0.2) is 35.8 Å². The SMILES string of the molecule is CC(C)(C)OC(=O)N1C[C@@H]2C(Oc3cc(C#N)cc(-c4ccc(F)cc4)c3)[C@@H]2C1. The number of ether oxygens (including phenoxy) is 2. The standard InChI is InChI=1S/C23H23FN2O3/c1-23(2,3)29-22(27)26-12-19-20(13-26)21(19)28-18-9-14(11-25)8-16(10-18)15-4-6-17(24)7-5-15/h4-10,19-21H,12-13H2,1-3H3/t19-,20+,21?. The third kappa shape index (κ3) is 4.19. The Morgan fingerprint density at radius 1 is 1.10 bits per heavy atom. The quantitative estimate of drug-likeness (QED) is 0.763. The molecule has 29 heavy (non-hydrogen) atoms. The van der Waals surface area contributed by atoms with E-state index in [0.29, 0.717) is 24.4 Å². The van der Waals surface area contributed by atoms with Crippen molar-refractivity contribution in [1.29, 1.82) is 5.26 Å². The van der Waals surface area contributed by atoms with E-state index < -0.39 is 5.60 Å². The molecule has 1 saturated heterocycles. The summed E-state index contributed by atoms with van der Waals surface area (Å²) in [7, 11) is 0. The Morgan fingerprint density at radius 2 is 1.76 bits per heavy atom. The van der Waals surface area contributed by atoms with Gasteiger partial charge >= 0.3 is 6.09 Å². The molecule has 6 heteroatoms. The van der Waals surface area contributed by atoms with E-state index in [-0.39, 0.29) is 29.9 Å². The van der Waals surface area contributed by atoms with Crippen molar-refractivity contribution < 1.29 is 18.7 Å². The second kappa shape index (κ2) is 7.07. The van der Waals surface area contributed by atoms with Crippen LogP contribution in [-0.2, 0) is 4.74 Å². The molecule has 4 rings (SSSR count). The van der Waals surface area contributed by atoms with Gasteiger partial charge in [0.15, 0.2) is 0 Å². The zero-order chi connectivity index (χ0) is 20.8. The Balaban J connectivity index is 1.43. The van der Waals surface area contributed by atoms with E-state index in [1.54, 1.807) is 29.2 Å². The number of likely N-dealkylation sites (tertiary alicyclic amines) is 1. The van der Waals surface area contributed by atoms with Gasteiger partial charge in [-0.25, -0.2) is 9.18 Å². The molecule has 0 spiro atoms. The van der Waals surface area contributed by atoms with Gasteiger partial charge in [0, 0.05) is 24.9 Å². The fourth-order valence-corrected chi connectivity index (χ4v) is 3.82. The molecule has 1 saturated carbocycles. The lowest BCUT2D eigenvalue weighted by molar-refractivity contribution is 0.0253. The van der Waals surface area contributed by atoms with E-state index in [0.717, 1.165) is 11.1 Å². The molecule has 1 aliphatic carbocycles. The van der Waals surface area contributed by atoms with Crippen LogP contribution in [0.25, 0.3) is 11.1 Å². The van der Waals surface area contributed by atoms with Crippen LogP contribution in [0.2, 0.25) is 0 Å². The maximum Gasteiger partial charge on any atom is 0.410 e. The van der Waals surface area contributed by atoms with Gasteiger partial charge in [-0.1, -0.05) is 12.1 Å². The summed E-state index contributed by atoms with van der Waals surface area (Å²) < 4.78 is 24.8. The fourth-order valence-electron chi connectivity index (χ4n) is 3.82. The minimum atomic E-state index is -0.506. The molecule has 1 amide bonds. The lowest BCUT2D eigenvalue weighted by Gasteiger charge is -2.26. The van der Waals surface area contributed by atoms with E-state index in [2.05, 4.69) is 6.07 Å². The van der Waals surface area contributed by atoms with Gasteiger partial charge in [0.05, 0.1) is 11.6 Å². The molecule has 1 unspecified atom stereocenters. The number of carbonyl (C=O) groups is 1. The normalized spacial score (nSPS) is 22.6. The third-order valence-electron chi connectivity index (χ3n) is 5.25. The lowest BCUT2D eigenvalue weighted by atomic mass is 10.0. The summed E-state index contributed by atoms with van der Waals surface area (Å²) in [6.45, 7) is 6.80. The van der Waals surface area contributed by atoms with Crippen molar-refractivity contribution in [3.8, 4) is 22.9 Å². The molecular weight excluding hydrogens is 371 g/mol. The molecule has 2 aliphatic rings. The average Bonchev–Trinajstić information content (AvgIpc) is 3.10. The number of benzene rings is 2. The van der Waals surface area contributed by atoms with Gasteiger partial charge < -0.3 is 14.4 Å². The van der Waals surface area contributed by atoms with Crippen molar-refractivity contribution in [2.45, 2.75) is 32.5 Å². The van der Waals surface area contributed by atoms with E-state index in [1.807, 2.05) is 26.8 Å². The summed E-state index contributed by atoms with van der Waals surface area (Å²) in [4.78, 5) is 13.9. The Kier molecular flexibility index (Phi) is 4.70. The number of halogens is 1. The maximum atomic E-state index is 13.2. The van der Waals surface area contributed by atoms with E-state index in [9.17, 15) is 14.4 Å². The van der Waals surface area contributed by atoms with Crippen molar-refractivity contribution in [1.82, 2.24) is 4.90 Å². The molecule has 5 nitrogen and oxygen atoms in total. The Bertz CT molecular complexity index is 963. The van der Waals surface area contributed by atoms with Crippen LogP contribution < -0.4 is 4.74 Å². The number of carbonyl (C=O) groups excluding carboxylic acids is 1. The smallest absolute Gasteiger partial charge is 0.410 e. The molecule has 0 N–H and O–H groups in total. The van der Waals surface area contributed by atoms with Crippen molar-refractivity contribution in [3.63, 3.8) is 0 Å². The molecule has 2 aromatic rings. The number of hydrogen-bond donors (Lipinski definition) is 0. The van der Waals surface area contributed by atoms with Crippen molar-refractivity contribution in [2.75, 3.05) is 13.1 Å². The van der Waals surface area contributed by atoms with Gasteiger partial charge in [-0.15, -0.1) is 0 Å². The monoisotopic (exact) mass is 394 g/mol. The van der Waals surface area contributed by atoms with Gasteiger partial charge in [-0.2, -0.15) is 5.26 Å². The van der Waals surface area contributed by atoms with Crippen LogP contribution in [0.15, 0.2) is 42.5 Å². The van der Waals surface area contributed by atoms with Crippen LogP contribution in [0, 0.1) is 29.0 Å². The number of nitriles is 1. The predicted molar refractivity (Wildman–Crippen MR) is 106 cm³/mol. The topological polar surface area (TPSA) is 62.6 Å². The fraction of sp³-hybridized carbons (Fsp3) is 0.391. The number of fused-ring (bicyclic) bond motifs is 1. The predicted octanol–water partition coefficient (Wildman–Crippen LogP) is 4.61. The first-order valence-electron chi connectivity index (χ1n) is 9.69. The molecule has 0 bridgehead atoms. The molecule has 3 atom stereocenters. The van der Waals surface area contributed by atoms with E-state index in [1.165, 1.54) is 12.1 Å². The van der Waals surface area contributed by atoms with Crippen LogP contribution in [0.3, 0.4) is 0 Å². The number of nitrogens with zero attached hydrogens (tertiary/aromatic N) is 2. The summed E-state index contributed by atoms with van der Waals surface area (Å²) >= 11 is 0. The molecule has 2 aromatic carbocycles. The minimum absolute atomic E-state index is 0.0312. The Hall–Kier alpha value is -3.07. The number of rotatable bonds is 3. The van der Waals surface area contributed by atoms with Gasteiger partial charge in [0.2, 0.25) is 0 Å². The Labute approximate surface area is 169 Å². The highest BCUT2D eigenvalue weighted by Crippen LogP contribution is 2.48. The molecular formula is C23H23FN2O3.